The topological polar surface area (TPSA) is 90.6 Å². The van der Waals surface area contributed by atoms with Crippen molar-refractivity contribution >= 4 is 27.9 Å². The molecule has 0 bridgehead atoms. The maximum absolute atomic E-state index is 12.9. The van der Waals surface area contributed by atoms with Gasteiger partial charge in [0.05, 0.1) is 18.9 Å². The summed E-state index contributed by atoms with van der Waals surface area (Å²) in [6.45, 7) is 6.09. The third-order valence-corrected chi connectivity index (χ3v) is 6.04. The number of ether oxygens (including phenoxy) is 2. The van der Waals surface area contributed by atoms with E-state index in [9.17, 15) is 4.79 Å². The Morgan fingerprint density at radius 3 is 2.62 bits per heavy atom. The van der Waals surface area contributed by atoms with Gasteiger partial charge in [0.1, 0.15) is 16.5 Å². The number of nitrogens with zero attached hydrogens (tertiary/aromatic N) is 4. The van der Waals surface area contributed by atoms with Crippen LogP contribution < -0.4 is 14.8 Å². The van der Waals surface area contributed by atoms with Crippen LogP contribution in [0, 0.1) is 0 Å². The van der Waals surface area contributed by atoms with E-state index < -0.39 is 0 Å². The van der Waals surface area contributed by atoms with Crippen molar-refractivity contribution in [3.8, 4) is 22.1 Å². The summed E-state index contributed by atoms with van der Waals surface area (Å²) in [5.74, 6) is 1.88. The lowest BCUT2D eigenvalue weighted by Gasteiger charge is -2.13. The van der Waals surface area contributed by atoms with Gasteiger partial charge < -0.3 is 14.8 Å². The summed E-state index contributed by atoms with van der Waals surface area (Å²) in [5, 5.41) is 16.7. The Hall–Kier alpha value is -3.46. The second-order valence-electron chi connectivity index (χ2n) is 7.30. The molecular weight excluding hydrogens is 426 g/mol. The number of aryl methyl sites for hydroxylation is 1. The highest BCUT2D eigenvalue weighted by atomic mass is 32.1. The van der Waals surface area contributed by atoms with Gasteiger partial charge in [0, 0.05) is 17.5 Å². The second-order valence-corrected chi connectivity index (χ2v) is 8.26. The number of anilines is 1. The van der Waals surface area contributed by atoms with Crippen LogP contribution in [0.4, 0.5) is 5.69 Å². The molecule has 4 aromatic rings. The van der Waals surface area contributed by atoms with Gasteiger partial charge in [0.25, 0.3) is 5.91 Å². The largest absolute Gasteiger partial charge is 0.495 e. The zero-order chi connectivity index (χ0) is 22.7. The molecule has 1 N–H and O–H groups in total. The van der Waals surface area contributed by atoms with E-state index >= 15 is 0 Å². The predicted octanol–water partition coefficient (Wildman–Crippen LogP) is 4.85. The first-order valence-electron chi connectivity index (χ1n) is 10.5. The predicted molar refractivity (Wildman–Crippen MR) is 125 cm³/mol. The molecule has 166 valence electrons. The molecule has 8 nitrogen and oxygen atoms in total. The molecule has 0 saturated heterocycles. The van der Waals surface area contributed by atoms with E-state index in [0.717, 1.165) is 39.9 Å². The van der Waals surface area contributed by atoms with Gasteiger partial charge >= 0.3 is 0 Å². The molecule has 0 aliphatic rings. The fraction of sp³-hybridized carbons (Fsp3) is 0.304. The molecule has 1 amide bonds. The average Bonchev–Trinajstić information content (AvgIpc) is 3.40. The Balaban J connectivity index is 1.57. The minimum absolute atomic E-state index is 0.125. The number of nitrogens with one attached hydrogen (secondary N) is 1. The van der Waals surface area contributed by atoms with E-state index in [-0.39, 0.29) is 12.0 Å². The molecule has 2 aromatic carbocycles. The van der Waals surface area contributed by atoms with E-state index in [2.05, 4.69) is 27.5 Å². The Bertz CT molecular complexity index is 1230. The number of rotatable bonds is 8. The van der Waals surface area contributed by atoms with Crippen LogP contribution in [0.3, 0.4) is 0 Å². The summed E-state index contributed by atoms with van der Waals surface area (Å²) in [4.78, 5) is 13.6. The first-order valence-corrected chi connectivity index (χ1v) is 11.3. The van der Waals surface area contributed by atoms with Crippen molar-refractivity contribution in [3.63, 3.8) is 0 Å². The Morgan fingerprint density at radius 1 is 1.16 bits per heavy atom. The van der Waals surface area contributed by atoms with Gasteiger partial charge in [-0.3, -0.25) is 4.79 Å². The molecule has 1 atom stereocenters. The van der Waals surface area contributed by atoms with Crippen molar-refractivity contribution in [2.24, 2.45) is 0 Å². The molecule has 0 aliphatic heterocycles. The van der Waals surface area contributed by atoms with Gasteiger partial charge in [0.15, 0.2) is 5.82 Å². The van der Waals surface area contributed by atoms with Gasteiger partial charge in [-0.2, -0.15) is 9.61 Å². The van der Waals surface area contributed by atoms with Crippen molar-refractivity contribution in [3.05, 3.63) is 53.9 Å². The zero-order valence-electron chi connectivity index (χ0n) is 18.5. The molecule has 2 heterocycles. The standard InChI is InChI=1S/C23H25N5O3S/c1-5-14(3)31-17-10-7-15(8-11-17)21(29)24-18-13-16(9-12-19(18)30-4)22-27-28-20(6-2)25-26-23(28)32-22/h7-14H,5-6H2,1-4H3,(H,24,29). The van der Waals surface area contributed by atoms with Crippen molar-refractivity contribution in [2.75, 3.05) is 12.4 Å². The van der Waals surface area contributed by atoms with Crippen LogP contribution >= 0.6 is 11.3 Å². The summed E-state index contributed by atoms with van der Waals surface area (Å²) in [7, 11) is 1.57. The molecular formula is C23H25N5O3S. The minimum Gasteiger partial charge on any atom is -0.495 e. The summed E-state index contributed by atoms with van der Waals surface area (Å²) < 4.78 is 13.0. The number of hydrogen-bond acceptors (Lipinski definition) is 7. The van der Waals surface area contributed by atoms with Crippen LogP contribution in [0.15, 0.2) is 42.5 Å². The smallest absolute Gasteiger partial charge is 0.255 e. The van der Waals surface area contributed by atoms with Gasteiger partial charge in [-0.05, 0) is 55.8 Å². The number of benzene rings is 2. The number of carbonyl (C=O) groups excluding carboxylic acids is 1. The van der Waals surface area contributed by atoms with E-state index in [0.29, 0.717) is 17.0 Å². The normalized spacial score (nSPS) is 12.0. The lowest BCUT2D eigenvalue weighted by atomic mass is 10.1. The highest BCUT2D eigenvalue weighted by molar-refractivity contribution is 7.19. The molecule has 0 fully saturated rings. The van der Waals surface area contributed by atoms with E-state index in [1.807, 2.05) is 32.0 Å². The van der Waals surface area contributed by atoms with Crippen LogP contribution in [-0.2, 0) is 6.42 Å². The van der Waals surface area contributed by atoms with Gasteiger partial charge in [-0.25, -0.2) is 0 Å². The molecule has 0 radical (unpaired) electrons. The quantitative estimate of drug-likeness (QED) is 0.412. The van der Waals surface area contributed by atoms with Crippen molar-refractivity contribution in [1.82, 2.24) is 19.8 Å². The van der Waals surface area contributed by atoms with Gasteiger partial charge in [0.2, 0.25) is 4.96 Å². The summed E-state index contributed by atoms with van der Waals surface area (Å²) in [6, 6.07) is 12.7. The Kier molecular flexibility index (Phi) is 6.36. The highest BCUT2D eigenvalue weighted by Crippen LogP contribution is 2.33. The van der Waals surface area contributed by atoms with Gasteiger partial charge in [-0.1, -0.05) is 25.2 Å². The maximum Gasteiger partial charge on any atom is 0.255 e. The first-order chi connectivity index (χ1) is 15.5. The molecule has 2 aromatic heterocycles. The fourth-order valence-corrected chi connectivity index (χ4v) is 3.98. The molecule has 0 saturated carbocycles. The average molecular weight is 452 g/mol. The highest BCUT2D eigenvalue weighted by Gasteiger charge is 2.16. The third-order valence-electron chi connectivity index (χ3n) is 5.09. The van der Waals surface area contributed by atoms with Crippen LogP contribution in [0.1, 0.15) is 43.4 Å². The molecule has 9 heteroatoms. The lowest BCUT2D eigenvalue weighted by Crippen LogP contribution is -2.13. The SMILES string of the molecule is CCc1nnc2sc(-c3ccc(OC)c(NC(=O)c4ccc(OC(C)CC)cc4)c3)nn12. The fourth-order valence-electron chi connectivity index (χ4n) is 3.13. The lowest BCUT2D eigenvalue weighted by molar-refractivity contribution is 0.102. The number of carbonyl (C=O) groups is 1. The monoisotopic (exact) mass is 451 g/mol. The number of amides is 1. The molecule has 1 unspecified atom stereocenters. The summed E-state index contributed by atoms with van der Waals surface area (Å²) >= 11 is 1.44. The zero-order valence-corrected chi connectivity index (χ0v) is 19.3. The van der Waals surface area contributed by atoms with Crippen LogP contribution in [0.2, 0.25) is 0 Å². The van der Waals surface area contributed by atoms with Crippen molar-refractivity contribution < 1.29 is 14.3 Å². The van der Waals surface area contributed by atoms with Crippen molar-refractivity contribution in [2.45, 2.75) is 39.7 Å². The third kappa shape index (κ3) is 4.43. The maximum atomic E-state index is 12.9. The van der Waals surface area contributed by atoms with Crippen LogP contribution in [0.25, 0.3) is 15.5 Å². The molecule has 4 rings (SSSR count). The van der Waals surface area contributed by atoms with Crippen molar-refractivity contribution in [1.29, 1.82) is 0 Å². The van der Waals surface area contributed by atoms with Crippen LogP contribution in [0.5, 0.6) is 11.5 Å². The Labute approximate surface area is 190 Å². The molecule has 0 spiro atoms. The summed E-state index contributed by atoms with van der Waals surface area (Å²) in [5.41, 5.74) is 1.95. The van der Waals surface area contributed by atoms with E-state index in [4.69, 9.17) is 9.47 Å². The number of methoxy groups -OCH3 is 1. The number of aromatic nitrogens is 4. The van der Waals surface area contributed by atoms with E-state index in [1.54, 1.807) is 35.9 Å². The van der Waals surface area contributed by atoms with Gasteiger partial charge in [-0.15, -0.1) is 10.2 Å². The number of hydrogen-bond donors (Lipinski definition) is 1. The molecule has 32 heavy (non-hydrogen) atoms. The summed E-state index contributed by atoms with van der Waals surface area (Å²) in [6.07, 6.45) is 1.79. The molecule has 0 aliphatic carbocycles. The Morgan fingerprint density at radius 2 is 1.94 bits per heavy atom. The van der Waals surface area contributed by atoms with E-state index in [1.165, 1.54) is 11.3 Å². The second kappa shape index (κ2) is 9.35. The first kappa shape index (κ1) is 21.8. The minimum atomic E-state index is -0.234. The van der Waals surface area contributed by atoms with Crippen LogP contribution in [-0.4, -0.2) is 38.9 Å². The number of fused-ring (bicyclic) bond motifs is 1.